The van der Waals surface area contributed by atoms with Gasteiger partial charge in [0.25, 0.3) is 0 Å². The molecule has 2 rings (SSSR count). The van der Waals surface area contributed by atoms with Crippen LogP contribution < -0.4 is 0 Å². The van der Waals surface area contributed by atoms with Gasteiger partial charge in [0.2, 0.25) is 0 Å². The monoisotopic (exact) mass is 378 g/mol. The summed E-state index contributed by atoms with van der Waals surface area (Å²) in [5.74, 6) is 0. The lowest BCUT2D eigenvalue weighted by molar-refractivity contribution is 0.478. The summed E-state index contributed by atoms with van der Waals surface area (Å²) in [5, 5.41) is 0. The van der Waals surface area contributed by atoms with E-state index in [1.807, 2.05) is 0 Å². The molecule has 154 valence electrons. The summed E-state index contributed by atoms with van der Waals surface area (Å²) in [7, 11) is 0. The van der Waals surface area contributed by atoms with E-state index in [1.165, 1.54) is 27.8 Å². The molecule has 0 aliphatic carbocycles. The Labute approximate surface area is 174 Å². The summed E-state index contributed by atoms with van der Waals surface area (Å²) in [6.07, 6.45) is 0. The molecule has 0 N–H and O–H groups in total. The van der Waals surface area contributed by atoms with E-state index in [1.54, 1.807) is 5.56 Å². The summed E-state index contributed by atoms with van der Waals surface area (Å²) >= 11 is 0. The molecule has 0 bridgehead atoms. The largest absolute Gasteiger partial charge is 0.0622 e. The Bertz CT molecular complexity index is 823. The second kappa shape index (κ2) is 7.05. The highest BCUT2D eigenvalue weighted by molar-refractivity contribution is 5.74. The molecule has 0 fully saturated rings. The van der Waals surface area contributed by atoms with Crippen LogP contribution in [0.3, 0.4) is 0 Å². The molecule has 0 unspecified atom stereocenters. The van der Waals surface area contributed by atoms with Crippen molar-refractivity contribution in [3.05, 3.63) is 58.7 Å². The Kier molecular flexibility index (Phi) is 5.72. The van der Waals surface area contributed by atoms with Gasteiger partial charge < -0.3 is 0 Å². The first kappa shape index (κ1) is 22.7. The van der Waals surface area contributed by atoms with Crippen LogP contribution in [0.15, 0.2) is 36.4 Å². The zero-order valence-corrected chi connectivity index (χ0v) is 20.5. The van der Waals surface area contributed by atoms with Gasteiger partial charge in [0.1, 0.15) is 0 Å². The van der Waals surface area contributed by atoms with Crippen LogP contribution in [0, 0.1) is 0 Å². The third-order valence-corrected chi connectivity index (χ3v) is 5.47. The van der Waals surface area contributed by atoms with Gasteiger partial charge in [-0.1, -0.05) is 119 Å². The van der Waals surface area contributed by atoms with Crippen molar-refractivity contribution in [3.8, 4) is 11.1 Å². The standard InChI is InChI=1S/C28H42/c1-25(2,3)21-18-20(19-16-14-13-15-17-19)22(26(4,5)6)24(28(10,11)12)23(21)27(7,8)9/h13-18H,1-12H3. The predicted octanol–water partition coefficient (Wildman–Crippen LogP) is 8.54. The molecule has 0 radical (unpaired) electrons. The van der Waals surface area contributed by atoms with Crippen LogP contribution in [-0.4, -0.2) is 0 Å². The van der Waals surface area contributed by atoms with Crippen molar-refractivity contribution in [2.75, 3.05) is 0 Å². The van der Waals surface area contributed by atoms with Crippen molar-refractivity contribution in [3.63, 3.8) is 0 Å². The Morgan fingerprint density at radius 2 is 0.893 bits per heavy atom. The van der Waals surface area contributed by atoms with Crippen molar-refractivity contribution in [1.29, 1.82) is 0 Å². The zero-order chi connectivity index (χ0) is 21.7. The molecule has 0 heterocycles. The maximum atomic E-state index is 2.51. The van der Waals surface area contributed by atoms with Crippen LogP contribution in [-0.2, 0) is 21.7 Å². The summed E-state index contributed by atoms with van der Waals surface area (Å²) in [6, 6.07) is 13.5. The molecule has 0 heteroatoms. The predicted molar refractivity (Wildman–Crippen MR) is 127 cm³/mol. The summed E-state index contributed by atoms with van der Waals surface area (Å²) < 4.78 is 0. The highest BCUT2D eigenvalue weighted by Gasteiger charge is 2.37. The molecule has 0 amide bonds. The SMILES string of the molecule is CC(C)(C)c1cc(-c2ccccc2)c(C(C)(C)C)c(C(C)(C)C)c1C(C)(C)C. The van der Waals surface area contributed by atoms with Gasteiger partial charge in [-0.15, -0.1) is 0 Å². The van der Waals surface area contributed by atoms with Crippen LogP contribution in [0.4, 0.5) is 0 Å². The lowest BCUT2D eigenvalue weighted by Crippen LogP contribution is -2.32. The molecule has 0 aliphatic rings. The van der Waals surface area contributed by atoms with Gasteiger partial charge in [0, 0.05) is 0 Å². The third kappa shape index (κ3) is 4.53. The Hall–Kier alpha value is -1.56. The fourth-order valence-electron chi connectivity index (χ4n) is 4.43. The van der Waals surface area contributed by atoms with Crippen LogP contribution in [0.25, 0.3) is 11.1 Å². The average molecular weight is 379 g/mol. The fourth-order valence-corrected chi connectivity index (χ4v) is 4.43. The molecule has 2 aromatic rings. The fraction of sp³-hybridized carbons (Fsp3) is 0.571. The maximum Gasteiger partial charge on any atom is -0.0123 e. The van der Waals surface area contributed by atoms with E-state index in [0.29, 0.717) is 0 Å². The van der Waals surface area contributed by atoms with E-state index in [2.05, 4.69) is 119 Å². The second-order valence-corrected chi connectivity index (χ2v) is 12.5. The molecular weight excluding hydrogens is 336 g/mol. The first-order valence-electron chi connectivity index (χ1n) is 10.7. The Morgan fingerprint density at radius 1 is 0.464 bits per heavy atom. The maximum absolute atomic E-state index is 2.51. The normalized spacial score (nSPS) is 13.7. The van der Waals surface area contributed by atoms with Crippen LogP contribution in [0.5, 0.6) is 0 Å². The minimum absolute atomic E-state index is 0.0597. The van der Waals surface area contributed by atoms with Gasteiger partial charge in [0.15, 0.2) is 0 Å². The summed E-state index contributed by atoms with van der Waals surface area (Å²) in [5.41, 5.74) is 9.08. The lowest BCUT2D eigenvalue weighted by Gasteiger charge is -2.42. The highest BCUT2D eigenvalue weighted by atomic mass is 14.4. The van der Waals surface area contributed by atoms with Crippen molar-refractivity contribution >= 4 is 0 Å². The average Bonchev–Trinajstić information content (AvgIpc) is 2.50. The minimum atomic E-state index is 0.0597. The second-order valence-electron chi connectivity index (χ2n) is 12.5. The molecule has 0 spiro atoms. The minimum Gasteiger partial charge on any atom is -0.0622 e. The van der Waals surface area contributed by atoms with Crippen LogP contribution in [0.1, 0.15) is 105 Å². The van der Waals surface area contributed by atoms with Gasteiger partial charge in [-0.05, 0) is 55.0 Å². The molecule has 2 aromatic carbocycles. The van der Waals surface area contributed by atoms with Crippen molar-refractivity contribution in [2.45, 2.75) is 105 Å². The molecular formula is C28H42. The number of hydrogen-bond acceptors (Lipinski definition) is 0. The lowest BCUT2D eigenvalue weighted by atomic mass is 9.62. The van der Waals surface area contributed by atoms with E-state index in [4.69, 9.17) is 0 Å². The van der Waals surface area contributed by atoms with Gasteiger partial charge in [0.05, 0.1) is 0 Å². The smallest absolute Gasteiger partial charge is 0.0123 e. The molecule has 28 heavy (non-hydrogen) atoms. The molecule has 0 aliphatic heterocycles. The van der Waals surface area contributed by atoms with Crippen molar-refractivity contribution < 1.29 is 0 Å². The molecule has 0 saturated heterocycles. The van der Waals surface area contributed by atoms with Gasteiger partial charge in [-0.2, -0.15) is 0 Å². The Balaban J connectivity index is 3.21. The van der Waals surface area contributed by atoms with E-state index in [-0.39, 0.29) is 21.7 Å². The summed E-state index contributed by atoms with van der Waals surface area (Å²) in [4.78, 5) is 0. The third-order valence-electron chi connectivity index (χ3n) is 5.47. The van der Waals surface area contributed by atoms with Crippen LogP contribution in [0.2, 0.25) is 0 Å². The molecule has 0 nitrogen and oxygen atoms in total. The van der Waals surface area contributed by atoms with E-state index < -0.39 is 0 Å². The van der Waals surface area contributed by atoms with Crippen LogP contribution >= 0.6 is 0 Å². The molecule has 0 atom stereocenters. The van der Waals surface area contributed by atoms with E-state index >= 15 is 0 Å². The van der Waals surface area contributed by atoms with Crippen molar-refractivity contribution in [1.82, 2.24) is 0 Å². The summed E-state index contributed by atoms with van der Waals surface area (Å²) in [6.45, 7) is 28.5. The van der Waals surface area contributed by atoms with Gasteiger partial charge in [-0.25, -0.2) is 0 Å². The first-order valence-corrected chi connectivity index (χ1v) is 10.7. The van der Waals surface area contributed by atoms with Crippen molar-refractivity contribution in [2.24, 2.45) is 0 Å². The highest BCUT2D eigenvalue weighted by Crippen LogP contribution is 2.49. The molecule has 0 aromatic heterocycles. The van der Waals surface area contributed by atoms with E-state index in [0.717, 1.165) is 0 Å². The van der Waals surface area contributed by atoms with E-state index in [9.17, 15) is 0 Å². The zero-order valence-electron chi connectivity index (χ0n) is 20.5. The quantitative estimate of drug-likeness (QED) is 0.466. The molecule has 0 saturated carbocycles. The van der Waals surface area contributed by atoms with Gasteiger partial charge in [-0.3, -0.25) is 0 Å². The Morgan fingerprint density at radius 3 is 1.25 bits per heavy atom. The number of rotatable bonds is 1. The topological polar surface area (TPSA) is 0 Å². The number of benzene rings is 2. The first-order chi connectivity index (χ1) is 12.5. The number of hydrogen-bond donors (Lipinski definition) is 0. The van der Waals surface area contributed by atoms with Gasteiger partial charge >= 0.3 is 0 Å².